The van der Waals surface area contributed by atoms with Crippen molar-refractivity contribution in [3.8, 4) is 11.1 Å². The van der Waals surface area contributed by atoms with Crippen molar-refractivity contribution in [2.45, 2.75) is 31.0 Å². The Bertz CT molecular complexity index is 1480. The van der Waals surface area contributed by atoms with Gasteiger partial charge in [-0.25, -0.2) is 8.42 Å². The number of carbonyl (C=O) groups is 1. The maximum Gasteiger partial charge on any atom is 0.416 e. The summed E-state index contributed by atoms with van der Waals surface area (Å²) in [6.07, 6.45) is -0.799. The van der Waals surface area contributed by atoms with Gasteiger partial charge in [0.15, 0.2) is 9.84 Å². The SMILES string of the molecule is CCS(=O)(=O)c1ccc(CC(=O)Nc2ccc(-c3cnn(Cc4ccc(C(F)(F)F)cc4)c3)cc2)cc1. The third-order valence-corrected chi connectivity index (χ3v) is 7.54. The summed E-state index contributed by atoms with van der Waals surface area (Å²) in [6.45, 7) is 1.91. The van der Waals surface area contributed by atoms with E-state index in [1.54, 1.807) is 48.3 Å². The van der Waals surface area contributed by atoms with E-state index in [4.69, 9.17) is 0 Å². The van der Waals surface area contributed by atoms with Crippen LogP contribution < -0.4 is 5.32 Å². The van der Waals surface area contributed by atoms with E-state index in [0.29, 0.717) is 23.4 Å². The molecule has 4 rings (SSSR count). The second kappa shape index (κ2) is 10.6. The van der Waals surface area contributed by atoms with Gasteiger partial charge in [-0.2, -0.15) is 18.3 Å². The van der Waals surface area contributed by atoms with Crippen molar-refractivity contribution in [3.05, 3.63) is 102 Å². The first-order chi connectivity index (χ1) is 17.5. The summed E-state index contributed by atoms with van der Waals surface area (Å²) < 4.78 is 63.7. The predicted octanol–water partition coefficient (Wildman–Crippen LogP) is 5.59. The monoisotopic (exact) mass is 527 g/mol. The Hall–Kier alpha value is -3.92. The Balaban J connectivity index is 1.34. The van der Waals surface area contributed by atoms with Crippen LogP contribution in [0.3, 0.4) is 0 Å². The summed E-state index contributed by atoms with van der Waals surface area (Å²) >= 11 is 0. The average molecular weight is 528 g/mol. The first-order valence-corrected chi connectivity index (χ1v) is 13.1. The molecule has 37 heavy (non-hydrogen) atoms. The van der Waals surface area contributed by atoms with Gasteiger partial charge in [-0.3, -0.25) is 9.48 Å². The summed E-state index contributed by atoms with van der Waals surface area (Å²) in [4.78, 5) is 12.7. The smallest absolute Gasteiger partial charge is 0.326 e. The minimum Gasteiger partial charge on any atom is -0.326 e. The zero-order valence-electron chi connectivity index (χ0n) is 19.9. The molecule has 6 nitrogen and oxygen atoms in total. The lowest BCUT2D eigenvalue weighted by Crippen LogP contribution is -2.14. The second-order valence-electron chi connectivity index (χ2n) is 8.47. The summed E-state index contributed by atoms with van der Waals surface area (Å²) in [7, 11) is -3.28. The highest BCUT2D eigenvalue weighted by Crippen LogP contribution is 2.29. The summed E-state index contributed by atoms with van der Waals surface area (Å²) in [5, 5.41) is 7.11. The molecule has 4 aromatic rings. The van der Waals surface area contributed by atoms with Crippen molar-refractivity contribution < 1.29 is 26.4 Å². The molecule has 1 amide bonds. The van der Waals surface area contributed by atoms with Gasteiger partial charge in [0.1, 0.15) is 0 Å². The second-order valence-corrected chi connectivity index (χ2v) is 10.7. The molecule has 0 saturated carbocycles. The van der Waals surface area contributed by atoms with Gasteiger partial charge in [0.25, 0.3) is 0 Å². The molecule has 0 fully saturated rings. The van der Waals surface area contributed by atoms with Gasteiger partial charge in [0.05, 0.1) is 35.4 Å². The largest absolute Gasteiger partial charge is 0.416 e. The van der Waals surface area contributed by atoms with Crippen LogP contribution in [0.25, 0.3) is 11.1 Å². The highest BCUT2D eigenvalue weighted by atomic mass is 32.2. The number of alkyl halides is 3. The van der Waals surface area contributed by atoms with Crippen LogP contribution in [0.4, 0.5) is 18.9 Å². The minimum absolute atomic E-state index is 0.0166. The fourth-order valence-corrected chi connectivity index (χ4v) is 4.59. The molecule has 0 spiro atoms. The standard InChI is InChI=1S/C27H24F3N3O3S/c1-2-37(35,36)25-13-5-19(6-14-25)15-26(34)32-24-11-7-21(8-12-24)22-16-31-33(18-22)17-20-3-9-23(10-4-20)27(28,29)30/h3-14,16,18H,2,15,17H2,1H3,(H,32,34). The number of rotatable bonds is 8. The van der Waals surface area contributed by atoms with E-state index < -0.39 is 21.6 Å². The zero-order chi connectivity index (χ0) is 26.6. The quantitative estimate of drug-likeness (QED) is 0.324. The molecule has 0 saturated heterocycles. The van der Waals surface area contributed by atoms with E-state index in [-0.39, 0.29) is 23.0 Å². The Kier molecular flexibility index (Phi) is 7.49. The molecule has 0 aliphatic rings. The molecule has 0 bridgehead atoms. The minimum atomic E-state index is -4.37. The normalized spacial score (nSPS) is 11.9. The zero-order valence-corrected chi connectivity index (χ0v) is 20.7. The van der Waals surface area contributed by atoms with Crippen LogP contribution in [0, 0.1) is 0 Å². The Morgan fingerprint density at radius 2 is 1.51 bits per heavy atom. The molecule has 10 heteroatoms. The number of halogens is 3. The van der Waals surface area contributed by atoms with Crippen LogP contribution in [0.2, 0.25) is 0 Å². The fourth-order valence-electron chi connectivity index (χ4n) is 3.70. The molecule has 0 aliphatic carbocycles. The number of amides is 1. The number of carbonyl (C=O) groups excluding carboxylic acids is 1. The van der Waals surface area contributed by atoms with Crippen molar-refractivity contribution >= 4 is 21.4 Å². The third kappa shape index (κ3) is 6.65. The van der Waals surface area contributed by atoms with Crippen LogP contribution in [0.15, 0.2) is 90.1 Å². The third-order valence-electron chi connectivity index (χ3n) is 5.79. The van der Waals surface area contributed by atoms with E-state index in [2.05, 4.69) is 10.4 Å². The van der Waals surface area contributed by atoms with Gasteiger partial charge in [0.2, 0.25) is 5.91 Å². The molecule has 1 aromatic heterocycles. The molecule has 3 aromatic carbocycles. The number of anilines is 1. The van der Waals surface area contributed by atoms with Crippen molar-refractivity contribution in [3.63, 3.8) is 0 Å². The van der Waals surface area contributed by atoms with Crippen LogP contribution >= 0.6 is 0 Å². The molecule has 0 aliphatic heterocycles. The van der Waals surface area contributed by atoms with Gasteiger partial charge < -0.3 is 5.32 Å². The number of aromatic nitrogens is 2. The van der Waals surface area contributed by atoms with Crippen molar-refractivity contribution in [2.24, 2.45) is 0 Å². The molecule has 0 radical (unpaired) electrons. The first-order valence-electron chi connectivity index (χ1n) is 11.4. The molecular weight excluding hydrogens is 503 g/mol. The van der Waals surface area contributed by atoms with Crippen molar-refractivity contribution in [1.29, 1.82) is 0 Å². The van der Waals surface area contributed by atoms with Crippen LogP contribution in [-0.2, 0) is 33.8 Å². The highest BCUT2D eigenvalue weighted by molar-refractivity contribution is 7.91. The molecule has 0 unspecified atom stereocenters. The summed E-state index contributed by atoms with van der Waals surface area (Å²) in [5.74, 6) is -0.217. The number of hydrogen-bond donors (Lipinski definition) is 1. The van der Waals surface area contributed by atoms with Gasteiger partial charge in [0, 0.05) is 17.4 Å². The molecule has 1 heterocycles. The van der Waals surface area contributed by atoms with Crippen molar-refractivity contribution in [2.75, 3.05) is 11.1 Å². The maximum absolute atomic E-state index is 12.7. The first kappa shape index (κ1) is 26.2. The van der Waals surface area contributed by atoms with Gasteiger partial charge >= 0.3 is 6.18 Å². The molecular formula is C27H24F3N3O3S. The predicted molar refractivity (Wildman–Crippen MR) is 135 cm³/mol. The van der Waals surface area contributed by atoms with Gasteiger partial charge in [-0.05, 0) is 53.1 Å². The number of benzene rings is 3. The highest BCUT2D eigenvalue weighted by Gasteiger charge is 2.29. The van der Waals surface area contributed by atoms with Crippen LogP contribution in [0.5, 0.6) is 0 Å². The van der Waals surface area contributed by atoms with E-state index in [9.17, 15) is 26.4 Å². The Morgan fingerprint density at radius 1 is 0.892 bits per heavy atom. The Morgan fingerprint density at radius 3 is 2.11 bits per heavy atom. The van der Waals surface area contributed by atoms with Crippen LogP contribution in [-0.4, -0.2) is 29.9 Å². The maximum atomic E-state index is 12.7. The lowest BCUT2D eigenvalue weighted by Gasteiger charge is -2.08. The van der Waals surface area contributed by atoms with Gasteiger partial charge in [-0.1, -0.05) is 43.3 Å². The molecule has 0 atom stereocenters. The Labute approximate surface area is 212 Å². The summed E-state index contributed by atoms with van der Waals surface area (Å²) in [5.41, 5.74) is 3.00. The summed E-state index contributed by atoms with van der Waals surface area (Å²) in [6, 6.07) is 18.4. The van der Waals surface area contributed by atoms with Crippen LogP contribution in [0.1, 0.15) is 23.6 Å². The van der Waals surface area contributed by atoms with Gasteiger partial charge in [-0.15, -0.1) is 0 Å². The van der Waals surface area contributed by atoms with E-state index in [1.807, 2.05) is 12.1 Å². The lowest BCUT2D eigenvalue weighted by molar-refractivity contribution is -0.137. The number of sulfone groups is 1. The molecule has 192 valence electrons. The fraction of sp³-hybridized carbons (Fsp3) is 0.185. The van der Waals surface area contributed by atoms with E-state index in [1.165, 1.54) is 24.3 Å². The number of nitrogens with zero attached hydrogens (tertiary/aromatic N) is 2. The molecule has 1 N–H and O–H groups in total. The van der Waals surface area contributed by atoms with E-state index in [0.717, 1.165) is 23.3 Å². The number of nitrogens with one attached hydrogen (secondary N) is 1. The topological polar surface area (TPSA) is 81.1 Å². The lowest BCUT2D eigenvalue weighted by atomic mass is 10.1. The number of hydrogen-bond acceptors (Lipinski definition) is 4. The van der Waals surface area contributed by atoms with E-state index >= 15 is 0 Å². The van der Waals surface area contributed by atoms with Crippen molar-refractivity contribution in [1.82, 2.24) is 9.78 Å². The average Bonchev–Trinajstić information content (AvgIpc) is 3.33.